The molecule has 0 unspecified atom stereocenters. The summed E-state index contributed by atoms with van der Waals surface area (Å²) in [5.41, 5.74) is 1.16. The monoisotopic (exact) mass is 211 g/mol. The molecular formula is C9H9NO3S. The van der Waals surface area contributed by atoms with Crippen molar-refractivity contribution in [3.63, 3.8) is 0 Å². The van der Waals surface area contributed by atoms with E-state index in [2.05, 4.69) is 4.42 Å². The van der Waals surface area contributed by atoms with Crippen LogP contribution in [0.15, 0.2) is 32.3 Å². The number of thiophene rings is 1. The summed E-state index contributed by atoms with van der Waals surface area (Å²) in [5, 5.41) is 13.2. The standard InChI is InChI=1S/C9H9NO3S/c11-8-5-13-9(12)10(8)3-1-7-2-4-14-6-7/h2,4-6,11H,1,3H2. The van der Waals surface area contributed by atoms with Gasteiger partial charge >= 0.3 is 5.76 Å². The maximum absolute atomic E-state index is 11.0. The number of aryl methyl sites for hydroxylation is 1. The van der Waals surface area contributed by atoms with Crippen LogP contribution in [0.1, 0.15) is 5.56 Å². The Morgan fingerprint density at radius 2 is 2.43 bits per heavy atom. The molecule has 0 radical (unpaired) electrons. The van der Waals surface area contributed by atoms with Crippen molar-refractivity contribution < 1.29 is 9.52 Å². The van der Waals surface area contributed by atoms with Gasteiger partial charge in [-0.05, 0) is 28.8 Å². The van der Waals surface area contributed by atoms with E-state index in [-0.39, 0.29) is 5.88 Å². The molecule has 0 bridgehead atoms. The maximum atomic E-state index is 11.0. The van der Waals surface area contributed by atoms with E-state index in [1.807, 2.05) is 16.8 Å². The minimum absolute atomic E-state index is 0.120. The summed E-state index contributed by atoms with van der Waals surface area (Å²) in [5.74, 6) is -0.636. The Hall–Kier alpha value is -1.49. The van der Waals surface area contributed by atoms with Gasteiger partial charge in [0.25, 0.3) is 0 Å². The molecule has 0 aliphatic carbocycles. The normalized spacial score (nSPS) is 10.6. The zero-order chi connectivity index (χ0) is 9.97. The molecule has 2 aromatic rings. The van der Waals surface area contributed by atoms with Crippen LogP contribution in [0.3, 0.4) is 0 Å². The zero-order valence-electron chi connectivity index (χ0n) is 7.34. The summed E-state index contributed by atoms with van der Waals surface area (Å²) < 4.78 is 5.73. The van der Waals surface area contributed by atoms with E-state index in [0.717, 1.165) is 18.2 Å². The van der Waals surface area contributed by atoms with Gasteiger partial charge in [-0.15, -0.1) is 0 Å². The van der Waals surface area contributed by atoms with Crippen molar-refractivity contribution >= 4 is 11.3 Å². The lowest BCUT2D eigenvalue weighted by Crippen LogP contribution is -2.15. The smallest absolute Gasteiger partial charge is 0.421 e. The number of nitrogens with zero attached hydrogens (tertiary/aromatic N) is 1. The van der Waals surface area contributed by atoms with Crippen molar-refractivity contribution in [1.82, 2.24) is 4.57 Å². The second-order valence-corrected chi connectivity index (χ2v) is 3.67. The highest BCUT2D eigenvalue weighted by molar-refractivity contribution is 7.07. The molecule has 14 heavy (non-hydrogen) atoms. The molecule has 0 aliphatic rings. The predicted octanol–water partition coefficient (Wildman–Crippen LogP) is 1.45. The number of aromatic hydroxyl groups is 1. The van der Waals surface area contributed by atoms with Crippen molar-refractivity contribution in [3.05, 3.63) is 39.2 Å². The first-order valence-electron chi connectivity index (χ1n) is 4.16. The van der Waals surface area contributed by atoms with Gasteiger partial charge in [0.1, 0.15) is 0 Å². The lowest BCUT2D eigenvalue weighted by atomic mass is 10.2. The molecule has 0 fully saturated rings. The van der Waals surface area contributed by atoms with E-state index in [1.54, 1.807) is 11.3 Å². The van der Waals surface area contributed by atoms with Gasteiger partial charge in [0.05, 0.1) is 0 Å². The van der Waals surface area contributed by atoms with Crippen LogP contribution in [0.2, 0.25) is 0 Å². The van der Waals surface area contributed by atoms with Gasteiger partial charge in [0.2, 0.25) is 5.88 Å². The predicted molar refractivity (Wildman–Crippen MR) is 52.7 cm³/mol. The Morgan fingerprint density at radius 1 is 1.57 bits per heavy atom. The third-order valence-electron chi connectivity index (χ3n) is 1.97. The summed E-state index contributed by atoms with van der Waals surface area (Å²) >= 11 is 1.61. The van der Waals surface area contributed by atoms with Crippen LogP contribution in [-0.2, 0) is 13.0 Å². The van der Waals surface area contributed by atoms with E-state index in [4.69, 9.17) is 0 Å². The average Bonchev–Trinajstić information content (AvgIpc) is 2.76. The molecule has 2 aromatic heterocycles. The van der Waals surface area contributed by atoms with Gasteiger partial charge in [-0.2, -0.15) is 11.3 Å². The Morgan fingerprint density at radius 3 is 3.00 bits per heavy atom. The number of aromatic nitrogens is 1. The van der Waals surface area contributed by atoms with E-state index in [1.165, 1.54) is 4.57 Å². The topological polar surface area (TPSA) is 55.4 Å². The maximum Gasteiger partial charge on any atom is 0.421 e. The van der Waals surface area contributed by atoms with Gasteiger partial charge in [0, 0.05) is 6.54 Å². The SMILES string of the molecule is O=c1occ(O)n1CCc1ccsc1. The van der Waals surface area contributed by atoms with Crippen molar-refractivity contribution in [2.24, 2.45) is 0 Å². The molecule has 0 aliphatic heterocycles. The Balaban J connectivity index is 2.09. The van der Waals surface area contributed by atoms with E-state index >= 15 is 0 Å². The lowest BCUT2D eigenvalue weighted by Gasteiger charge is -1.99. The fourth-order valence-electron chi connectivity index (χ4n) is 1.21. The third kappa shape index (κ3) is 1.72. The fourth-order valence-corrected chi connectivity index (χ4v) is 1.91. The molecule has 2 rings (SSSR count). The first kappa shape index (κ1) is 9.08. The van der Waals surface area contributed by atoms with Crippen LogP contribution in [0, 0.1) is 0 Å². The largest absolute Gasteiger partial charge is 0.492 e. The summed E-state index contributed by atoms with van der Waals surface area (Å²) in [6, 6.07) is 1.99. The molecule has 0 spiro atoms. The molecule has 5 heteroatoms. The third-order valence-corrected chi connectivity index (χ3v) is 2.70. The highest BCUT2D eigenvalue weighted by atomic mass is 32.1. The van der Waals surface area contributed by atoms with Crippen LogP contribution in [-0.4, -0.2) is 9.67 Å². The second-order valence-electron chi connectivity index (χ2n) is 2.89. The summed E-state index contributed by atoms with van der Waals surface area (Å²) in [6.07, 6.45) is 1.77. The van der Waals surface area contributed by atoms with Gasteiger partial charge in [0.15, 0.2) is 6.26 Å². The zero-order valence-corrected chi connectivity index (χ0v) is 8.16. The summed E-state index contributed by atoms with van der Waals surface area (Å²) in [6.45, 7) is 0.442. The van der Waals surface area contributed by atoms with Gasteiger partial charge < -0.3 is 9.52 Å². The van der Waals surface area contributed by atoms with Crippen molar-refractivity contribution in [1.29, 1.82) is 0 Å². The highest BCUT2D eigenvalue weighted by Crippen LogP contribution is 2.10. The van der Waals surface area contributed by atoms with Gasteiger partial charge in [-0.25, -0.2) is 9.36 Å². The highest BCUT2D eigenvalue weighted by Gasteiger charge is 2.06. The molecule has 1 N–H and O–H groups in total. The fraction of sp³-hybridized carbons (Fsp3) is 0.222. The van der Waals surface area contributed by atoms with Gasteiger partial charge in [-0.3, -0.25) is 0 Å². The molecule has 0 saturated carbocycles. The van der Waals surface area contributed by atoms with Crippen LogP contribution in [0.5, 0.6) is 5.88 Å². The number of hydrogen-bond acceptors (Lipinski definition) is 4. The average molecular weight is 211 g/mol. The minimum Gasteiger partial charge on any atom is -0.492 e. The van der Waals surface area contributed by atoms with E-state index in [9.17, 15) is 9.90 Å². The molecule has 0 atom stereocenters. The number of rotatable bonds is 3. The molecule has 0 saturated heterocycles. The first-order valence-corrected chi connectivity index (χ1v) is 5.10. The molecule has 74 valence electrons. The Kier molecular flexibility index (Phi) is 2.41. The van der Waals surface area contributed by atoms with Gasteiger partial charge in [-0.1, -0.05) is 0 Å². The van der Waals surface area contributed by atoms with Crippen LogP contribution >= 0.6 is 11.3 Å². The van der Waals surface area contributed by atoms with Crippen molar-refractivity contribution in [2.45, 2.75) is 13.0 Å². The Labute approximate surface area is 84.0 Å². The molecule has 0 amide bonds. The lowest BCUT2D eigenvalue weighted by molar-refractivity contribution is 0.413. The van der Waals surface area contributed by atoms with Crippen molar-refractivity contribution in [3.8, 4) is 5.88 Å². The minimum atomic E-state index is -0.516. The number of hydrogen-bond donors (Lipinski definition) is 1. The summed E-state index contributed by atoms with van der Waals surface area (Å²) in [7, 11) is 0. The molecule has 0 aromatic carbocycles. The second kappa shape index (κ2) is 3.71. The first-order chi connectivity index (χ1) is 6.77. The van der Waals surface area contributed by atoms with Crippen LogP contribution < -0.4 is 5.76 Å². The summed E-state index contributed by atoms with van der Waals surface area (Å²) in [4.78, 5) is 11.0. The van der Waals surface area contributed by atoms with Crippen LogP contribution in [0.4, 0.5) is 0 Å². The van der Waals surface area contributed by atoms with E-state index < -0.39 is 5.76 Å². The van der Waals surface area contributed by atoms with E-state index in [0.29, 0.717) is 6.54 Å². The number of oxazole rings is 1. The molecule has 4 nitrogen and oxygen atoms in total. The van der Waals surface area contributed by atoms with Crippen LogP contribution in [0.25, 0.3) is 0 Å². The quantitative estimate of drug-likeness (QED) is 0.836. The molecular weight excluding hydrogens is 202 g/mol. The Bertz CT molecular complexity index is 455. The van der Waals surface area contributed by atoms with Crippen molar-refractivity contribution in [2.75, 3.05) is 0 Å². The molecule has 2 heterocycles.